The maximum Gasteiger partial charge on any atom is 0.444 e. The zero-order valence-corrected chi connectivity index (χ0v) is 13.7. The van der Waals surface area contributed by atoms with Crippen LogP contribution in [0.3, 0.4) is 0 Å². The molecular weight excluding hydrogens is 432 g/mol. The normalized spacial score (nSPS) is 19.9. The van der Waals surface area contributed by atoms with E-state index in [4.69, 9.17) is 0 Å². The maximum atomic E-state index is 13.7. The highest BCUT2D eigenvalue weighted by Crippen LogP contribution is 2.61. The second kappa shape index (κ2) is 6.12. The number of halogens is 10. The molecule has 0 bridgehead atoms. The van der Waals surface area contributed by atoms with Gasteiger partial charge >= 0.3 is 18.5 Å². The lowest BCUT2D eigenvalue weighted by Crippen LogP contribution is -2.54. The van der Waals surface area contributed by atoms with Crippen LogP contribution in [-0.2, 0) is 0 Å². The Balaban J connectivity index is 2.33. The van der Waals surface area contributed by atoms with Gasteiger partial charge in [-0.2, -0.15) is 43.9 Å². The van der Waals surface area contributed by atoms with Crippen molar-refractivity contribution in [3.05, 3.63) is 42.1 Å². The Bertz CT molecular complexity index is 966. The predicted octanol–water partition coefficient (Wildman–Crippen LogP) is 5.59. The molecule has 0 fully saturated rings. The fraction of sp³-hybridized carbons (Fsp3) is 0.286. The fourth-order valence-corrected chi connectivity index (χ4v) is 3.60. The molecule has 1 aliphatic rings. The molecule has 0 N–H and O–H groups in total. The largest absolute Gasteiger partial charge is 0.444 e. The van der Waals surface area contributed by atoms with Gasteiger partial charge in [0, 0.05) is 0 Å². The molecule has 1 aromatic heterocycles. The van der Waals surface area contributed by atoms with Gasteiger partial charge in [-0.05, 0) is 12.1 Å². The predicted molar refractivity (Wildman–Crippen MR) is 79.2 cm³/mol. The van der Waals surface area contributed by atoms with E-state index < -0.39 is 51.7 Å². The average Bonchev–Trinajstić information content (AvgIpc) is 3.14. The van der Waals surface area contributed by atoms with Gasteiger partial charge in [-0.25, -0.2) is 9.98 Å². The number of benzene rings is 1. The summed E-state index contributed by atoms with van der Waals surface area (Å²) in [4.78, 5) is 6.51. The van der Waals surface area contributed by atoms with Crippen LogP contribution in [-0.4, -0.2) is 38.0 Å². The maximum absolute atomic E-state index is 13.7. The van der Waals surface area contributed by atoms with E-state index in [1.807, 2.05) is 0 Å². The molecule has 0 atom stereocenters. The molecule has 0 aliphatic carbocycles. The lowest BCUT2D eigenvalue weighted by molar-refractivity contribution is -0.253. The summed E-state index contributed by atoms with van der Waals surface area (Å²) in [6, 6.07) is 5.44. The number of aliphatic imine (C=N–C) groups is 1. The van der Waals surface area contributed by atoms with Crippen LogP contribution in [0.4, 0.5) is 43.9 Å². The number of rotatable bonds is 0. The Morgan fingerprint density at radius 2 is 1.50 bits per heavy atom. The summed E-state index contributed by atoms with van der Waals surface area (Å²) in [6.07, 6.45) is -18.0. The van der Waals surface area contributed by atoms with E-state index in [0.29, 0.717) is 4.57 Å². The van der Waals surface area contributed by atoms with Crippen molar-refractivity contribution >= 4 is 28.0 Å². The Labute approximate surface area is 152 Å². The van der Waals surface area contributed by atoms with Gasteiger partial charge in [0.2, 0.25) is 5.83 Å². The summed E-state index contributed by atoms with van der Waals surface area (Å²) >= 11 is -1.08. The lowest BCUT2D eigenvalue weighted by atomic mass is 10.0. The van der Waals surface area contributed by atoms with Crippen molar-refractivity contribution in [1.29, 1.82) is 0 Å². The molecule has 0 unspecified atom stereocenters. The lowest BCUT2D eigenvalue weighted by Gasteiger charge is -2.33. The molecule has 2 aromatic rings. The van der Waals surface area contributed by atoms with Crippen LogP contribution in [0.1, 0.15) is 0 Å². The molecule has 0 saturated carbocycles. The Morgan fingerprint density at radius 1 is 0.929 bits per heavy atom. The number of fused-ring (bicyclic) bond motifs is 1. The highest BCUT2D eigenvalue weighted by Gasteiger charge is 2.78. The standard InChI is InChI=1S/C14H5F10N3S/c15-8(12(16,17)18)9-11(13(19,20)21,14(22,23)24)28-10(26-9)27-5-25-6-3-1-2-4-7(6)27/h1-5H/b9-8+. The number of nitrogens with zero attached hydrogens (tertiary/aromatic N) is 3. The van der Waals surface area contributed by atoms with Crippen LogP contribution >= 0.6 is 11.8 Å². The van der Waals surface area contributed by atoms with E-state index in [9.17, 15) is 43.9 Å². The molecule has 0 amide bonds. The summed E-state index contributed by atoms with van der Waals surface area (Å²) in [5.74, 6) is -3.57. The third-order valence-electron chi connectivity index (χ3n) is 3.70. The number of allylic oxidation sites excluding steroid dienone is 1. The van der Waals surface area contributed by atoms with Crippen molar-refractivity contribution in [3.63, 3.8) is 0 Å². The number of alkyl halides is 9. The van der Waals surface area contributed by atoms with Crippen molar-refractivity contribution in [2.45, 2.75) is 23.3 Å². The van der Waals surface area contributed by atoms with Crippen LogP contribution in [0.5, 0.6) is 0 Å². The Kier molecular flexibility index (Phi) is 4.48. The summed E-state index contributed by atoms with van der Waals surface area (Å²) in [6.45, 7) is 0. The van der Waals surface area contributed by atoms with E-state index >= 15 is 0 Å². The second-order valence-electron chi connectivity index (χ2n) is 5.44. The first-order valence-corrected chi connectivity index (χ1v) is 7.83. The molecule has 14 heteroatoms. The van der Waals surface area contributed by atoms with Crippen LogP contribution < -0.4 is 0 Å². The average molecular weight is 437 g/mol. The molecule has 152 valence electrons. The zero-order chi connectivity index (χ0) is 21.1. The van der Waals surface area contributed by atoms with Gasteiger partial charge in [-0.3, -0.25) is 4.57 Å². The van der Waals surface area contributed by atoms with Crippen molar-refractivity contribution in [3.8, 4) is 0 Å². The van der Waals surface area contributed by atoms with Gasteiger partial charge < -0.3 is 0 Å². The molecule has 0 saturated heterocycles. The summed E-state index contributed by atoms with van der Waals surface area (Å²) in [7, 11) is 0. The van der Waals surface area contributed by atoms with E-state index in [1.54, 1.807) is 0 Å². The highest BCUT2D eigenvalue weighted by molar-refractivity contribution is 8.15. The van der Waals surface area contributed by atoms with Crippen LogP contribution in [0.2, 0.25) is 0 Å². The molecule has 2 heterocycles. The number of hydrogen-bond donors (Lipinski definition) is 0. The van der Waals surface area contributed by atoms with Crippen LogP contribution in [0.25, 0.3) is 11.0 Å². The van der Waals surface area contributed by atoms with Crippen molar-refractivity contribution in [2.75, 3.05) is 0 Å². The van der Waals surface area contributed by atoms with Crippen LogP contribution in [0, 0.1) is 0 Å². The molecule has 3 rings (SSSR count). The number of imidazole rings is 1. The molecule has 0 spiro atoms. The van der Waals surface area contributed by atoms with E-state index in [2.05, 4.69) is 9.98 Å². The van der Waals surface area contributed by atoms with E-state index in [0.717, 1.165) is 6.33 Å². The molecule has 1 aromatic carbocycles. The Morgan fingerprint density at radius 3 is 2.04 bits per heavy atom. The molecular formula is C14H5F10N3S. The molecule has 1 aliphatic heterocycles. The summed E-state index contributed by atoms with van der Waals surface area (Å²) < 4.78 is 128. The van der Waals surface area contributed by atoms with Crippen molar-refractivity contribution < 1.29 is 43.9 Å². The number of hydrogen-bond acceptors (Lipinski definition) is 3. The first-order valence-electron chi connectivity index (χ1n) is 7.01. The minimum absolute atomic E-state index is 0.0272. The molecule has 28 heavy (non-hydrogen) atoms. The van der Waals surface area contributed by atoms with Gasteiger partial charge in [0.25, 0.3) is 4.75 Å². The SMILES string of the molecule is F/C(=C1/N=C(n2cnc3ccccc32)SC1(C(F)(F)F)C(F)(F)F)C(F)(F)F. The fourth-order valence-electron chi connectivity index (χ4n) is 2.48. The van der Waals surface area contributed by atoms with Crippen molar-refractivity contribution in [2.24, 2.45) is 4.99 Å². The topological polar surface area (TPSA) is 30.2 Å². The van der Waals surface area contributed by atoms with Gasteiger partial charge in [0.15, 0.2) is 5.17 Å². The monoisotopic (exact) mass is 437 g/mol. The smallest absolute Gasteiger partial charge is 0.277 e. The third-order valence-corrected chi connectivity index (χ3v) is 5.13. The summed E-state index contributed by atoms with van der Waals surface area (Å²) in [5, 5.41) is -1.15. The van der Waals surface area contributed by atoms with E-state index in [-0.39, 0.29) is 11.0 Å². The number of para-hydroxylation sites is 2. The Hall–Kier alpha value is -2.25. The minimum Gasteiger partial charge on any atom is -0.277 e. The van der Waals surface area contributed by atoms with Crippen LogP contribution in [0.15, 0.2) is 47.1 Å². The molecule has 3 nitrogen and oxygen atoms in total. The number of aromatic nitrogens is 2. The van der Waals surface area contributed by atoms with E-state index in [1.165, 1.54) is 24.3 Å². The number of thioether (sulfide) groups is 1. The second-order valence-corrected chi connectivity index (χ2v) is 6.62. The van der Waals surface area contributed by atoms with Gasteiger partial charge in [0.1, 0.15) is 12.0 Å². The quantitative estimate of drug-likeness (QED) is 0.503. The van der Waals surface area contributed by atoms with Gasteiger partial charge in [-0.1, -0.05) is 23.9 Å². The van der Waals surface area contributed by atoms with Gasteiger partial charge in [-0.15, -0.1) is 0 Å². The minimum atomic E-state index is -6.34. The van der Waals surface area contributed by atoms with Crippen molar-refractivity contribution in [1.82, 2.24) is 9.55 Å². The highest BCUT2D eigenvalue weighted by atomic mass is 32.2. The molecule has 0 radical (unpaired) electrons. The first-order chi connectivity index (χ1) is 12.7. The van der Waals surface area contributed by atoms with Gasteiger partial charge in [0.05, 0.1) is 11.0 Å². The summed E-state index contributed by atoms with van der Waals surface area (Å²) in [5.41, 5.74) is -2.71. The zero-order valence-electron chi connectivity index (χ0n) is 12.9. The first kappa shape index (κ1) is 20.5. The third kappa shape index (κ3) is 2.93.